The summed E-state index contributed by atoms with van der Waals surface area (Å²) in [5, 5.41) is 7.80. The molecule has 200 valence electrons. The average molecular weight is 538 g/mol. The zero-order valence-corrected chi connectivity index (χ0v) is 22.9. The molecule has 10 nitrogen and oxygen atoms in total. The maximum absolute atomic E-state index is 13.7. The summed E-state index contributed by atoms with van der Waals surface area (Å²) < 4.78 is 1.58. The normalized spacial score (nSPS) is 17.6. The molecule has 1 fully saturated rings. The summed E-state index contributed by atoms with van der Waals surface area (Å²) >= 11 is 6.31. The molecule has 0 aliphatic carbocycles. The van der Waals surface area contributed by atoms with Crippen molar-refractivity contribution < 1.29 is 14.4 Å². The summed E-state index contributed by atoms with van der Waals surface area (Å²) in [4.78, 5) is 47.1. The lowest BCUT2D eigenvalue weighted by molar-refractivity contribution is -0.156. The minimum Gasteiger partial charge on any atom is -0.384 e. The van der Waals surface area contributed by atoms with Crippen LogP contribution < -0.4 is 16.0 Å². The number of likely N-dealkylation sites (tertiary alicyclic amines) is 1. The van der Waals surface area contributed by atoms with Gasteiger partial charge in [-0.05, 0) is 61.6 Å². The Labute approximate surface area is 226 Å². The lowest BCUT2D eigenvalue weighted by Gasteiger charge is -2.45. The van der Waals surface area contributed by atoms with Crippen LogP contribution in [-0.4, -0.2) is 50.6 Å². The molecule has 0 bridgehead atoms. The van der Waals surface area contributed by atoms with Crippen molar-refractivity contribution in [2.24, 2.45) is 13.0 Å². The first-order chi connectivity index (χ1) is 18.0. The number of hydrogen-bond donors (Lipinski definition) is 2. The molecule has 0 saturated carbocycles. The van der Waals surface area contributed by atoms with Crippen molar-refractivity contribution in [1.29, 1.82) is 0 Å². The maximum atomic E-state index is 13.7. The molecule has 3 N–H and O–H groups in total. The second-order valence-corrected chi connectivity index (χ2v) is 10.1. The predicted octanol–water partition coefficient (Wildman–Crippen LogP) is 3.56. The zero-order valence-electron chi connectivity index (χ0n) is 22.1. The van der Waals surface area contributed by atoms with Gasteiger partial charge in [-0.15, -0.1) is 0 Å². The largest absolute Gasteiger partial charge is 0.384 e. The van der Waals surface area contributed by atoms with Gasteiger partial charge in [0.15, 0.2) is 5.82 Å². The standard InChI is InChI=1S/C27H32ClN7O3/c1-6-21(18-8-7-15(2)20(28)14-18)31-27(38)35-24(26(37)34(5)23-9-10-33(4)32-23)19(25(35)36)12-17-11-16(3)30-22(29)13-17/h7-11,13-14,19,21,24H,6,12H2,1-5H3,(H2,29,30)(H,31,38)/t19-,21-,24+/m1/s1. The van der Waals surface area contributed by atoms with E-state index in [9.17, 15) is 14.4 Å². The molecule has 1 aliphatic heterocycles. The molecule has 4 amide bonds. The third-order valence-electron chi connectivity index (χ3n) is 6.85. The molecule has 4 rings (SSSR count). The molecule has 0 unspecified atom stereocenters. The smallest absolute Gasteiger partial charge is 0.325 e. The zero-order chi connectivity index (χ0) is 27.7. The van der Waals surface area contributed by atoms with Crippen molar-refractivity contribution in [1.82, 2.24) is 25.0 Å². The van der Waals surface area contributed by atoms with Crippen LogP contribution >= 0.6 is 11.6 Å². The minimum atomic E-state index is -1.01. The highest BCUT2D eigenvalue weighted by Crippen LogP contribution is 2.34. The number of aryl methyl sites for hydroxylation is 3. The fraction of sp³-hybridized carbons (Fsp3) is 0.370. The Kier molecular flexibility index (Phi) is 7.73. The number of urea groups is 1. The number of benzene rings is 1. The van der Waals surface area contributed by atoms with Crippen molar-refractivity contribution in [3.63, 3.8) is 0 Å². The van der Waals surface area contributed by atoms with Gasteiger partial charge in [-0.3, -0.25) is 24.1 Å². The molecule has 11 heteroatoms. The number of anilines is 2. The van der Waals surface area contributed by atoms with Crippen LogP contribution in [0.15, 0.2) is 42.6 Å². The van der Waals surface area contributed by atoms with Crippen LogP contribution in [0.3, 0.4) is 0 Å². The summed E-state index contributed by atoms with van der Waals surface area (Å²) in [7, 11) is 3.33. The van der Waals surface area contributed by atoms with Crippen molar-refractivity contribution in [2.45, 2.75) is 45.7 Å². The van der Waals surface area contributed by atoms with Crippen LogP contribution in [0.4, 0.5) is 16.4 Å². The molecule has 38 heavy (non-hydrogen) atoms. The van der Waals surface area contributed by atoms with Gasteiger partial charge in [-0.2, -0.15) is 5.10 Å². The van der Waals surface area contributed by atoms with Crippen LogP contribution in [-0.2, 0) is 23.1 Å². The molecular formula is C27H32ClN7O3. The fourth-order valence-electron chi connectivity index (χ4n) is 4.75. The molecule has 3 atom stereocenters. The summed E-state index contributed by atoms with van der Waals surface area (Å²) in [6.45, 7) is 5.63. The number of nitrogens with two attached hydrogens (primary N) is 1. The fourth-order valence-corrected chi connectivity index (χ4v) is 4.94. The van der Waals surface area contributed by atoms with E-state index in [1.807, 2.05) is 39.0 Å². The Morgan fingerprint density at radius 2 is 1.95 bits per heavy atom. The van der Waals surface area contributed by atoms with Gasteiger partial charge in [-0.1, -0.05) is 30.7 Å². The number of amides is 4. The summed E-state index contributed by atoms with van der Waals surface area (Å²) in [5.74, 6) is -0.832. The van der Waals surface area contributed by atoms with E-state index in [-0.39, 0.29) is 12.5 Å². The Morgan fingerprint density at radius 1 is 1.21 bits per heavy atom. The Morgan fingerprint density at radius 3 is 2.55 bits per heavy atom. The first kappa shape index (κ1) is 27.1. The SMILES string of the molecule is CC[C@@H](NC(=O)N1C(=O)[C@H](Cc2cc(C)nc(N)c2)[C@H]1C(=O)N(C)c1ccn(C)n1)c1ccc(C)c(Cl)c1. The minimum absolute atomic E-state index is 0.243. The molecule has 3 aromatic rings. The van der Waals surface area contributed by atoms with Crippen LogP contribution in [0.5, 0.6) is 0 Å². The monoisotopic (exact) mass is 537 g/mol. The second-order valence-electron chi connectivity index (χ2n) is 9.67. The summed E-state index contributed by atoms with van der Waals surface area (Å²) in [6.07, 6.45) is 2.53. The first-order valence-corrected chi connectivity index (χ1v) is 12.8. The van der Waals surface area contributed by atoms with Gasteiger partial charge in [0.25, 0.3) is 5.91 Å². The van der Waals surface area contributed by atoms with Crippen molar-refractivity contribution >= 4 is 41.1 Å². The molecule has 1 saturated heterocycles. The third-order valence-corrected chi connectivity index (χ3v) is 7.26. The second kappa shape index (κ2) is 10.8. The average Bonchev–Trinajstić information content (AvgIpc) is 3.30. The van der Waals surface area contributed by atoms with E-state index in [0.29, 0.717) is 28.8 Å². The molecule has 2 aromatic heterocycles. The van der Waals surface area contributed by atoms with Crippen molar-refractivity contribution in [2.75, 3.05) is 17.7 Å². The number of aromatic nitrogens is 3. The highest BCUT2D eigenvalue weighted by atomic mass is 35.5. The lowest BCUT2D eigenvalue weighted by Crippen LogP contribution is -2.70. The van der Waals surface area contributed by atoms with E-state index in [1.54, 1.807) is 43.2 Å². The summed E-state index contributed by atoms with van der Waals surface area (Å²) in [5.41, 5.74) is 9.12. The van der Waals surface area contributed by atoms with Gasteiger partial charge in [0.1, 0.15) is 11.9 Å². The quantitative estimate of drug-likeness (QED) is 0.444. The van der Waals surface area contributed by atoms with Crippen molar-refractivity contribution in [3.8, 4) is 0 Å². The van der Waals surface area contributed by atoms with E-state index in [1.165, 1.54) is 4.90 Å². The van der Waals surface area contributed by atoms with Gasteiger partial charge in [0, 0.05) is 37.1 Å². The van der Waals surface area contributed by atoms with E-state index < -0.39 is 29.8 Å². The number of nitrogens with zero attached hydrogens (tertiary/aromatic N) is 5. The maximum Gasteiger partial charge on any atom is 0.325 e. The third kappa shape index (κ3) is 5.35. The molecule has 1 aliphatic rings. The lowest BCUT2D eigenvalue weighted by atomic mass is 9.81. The molecule has 0 spiro atoms. The molecular weight excluding hydrogens is 506 g/mol. The number of imide groups is 1. The van der Waals surface area contributed by atoms with Gasteiger partial charge < -0.3 is 11.1 Å². The first-order valence-electron chi connectivity index (χ1n) is 12.4. The Hall–Kier alpha value is -3.92. The van der Waals surface area contributed by atoms with Crippen LogP contribution in [0.2, 0.25) is 5.02 Å². The number of halogens is 1. The molecule has 1 aromatic carbocycles. The number of rotatable bonds is 7. The Balaban J connectivity index is 1.61. The predicted molar refractivity (Wildman–Crippen MR) is 146 cm³/mol. The number of carbonyl (C=O) groups is 3. The Bertz CT molecular complexity index is 1370. The number of pyridine rings is 1. The van der Waals surface area contributed by atoms with E-state index in [4.69, 9.17) is 17.3 Å². The number of likely N-dealkylation sites (N-methyl/N-ethyl adjacent to an activating group) is 1. The van der Waals surface area contributed by atoms with Gasteiger partial charge in [0.2, 0.25) is 5.91 Å². The molecule has 0 radical (unpaired) electrons. The van der Waals surface area contributed by atoms with Crippen LogP contribution in [0.25, 0.3) is 0 Å². The number of nitrogens with one attached hydrogen (secondary N) is 1. The molecule has 3 heterocycles. The van der Waals surface area contributed by atoms with E-state index in [2.05, 4.69) is 15.4 Å². The van der Waals surface area contributed by atoms with E-state index in [0.717, 1.165) is 21.6 Å². The highest BCUT2D eigenvalue weighted by molar-refractivity contribution is 6.31. The van der Waals surface area contributed by atoms with Crippen molar-refractivity contribution in [3.05, 3.63) is 70.0 Å². The van der Waals surface area contributed by atoms with Gasteiger partial charge >= 0.3 is 6.03 Å². The topological polar surface area (TPSA) is 126 Å². The number of nitrogen functional groups attached to an aromatic ring is 1. The number of carbonyl (C=O) groups excluding carboxylic acids is 3. The van der Waals surface area contributed by atoms with Crippen LogP contribution in [0.1, 0.15) is 41.8 Å². The number of β-lactam (4-membered cyclic amide) rings is 1. The van der Waals surface area contributed by atoms with Gasteiger partial charge in [-0.25, -0.2) is 9.78 Å². The van der Waals surface area contributed by atoms with Gasteiger partial charge in [0.05, 0.1) is 12.0 Å². The van der Waals surface area contributed by atoms with E-state index >= 15 is 0 Å². The highest BCUT2D eigenvalue weighted by Gasteiger charge is 2.55. The summed E-state index contributed by atoms with van der Waals surface area (Å²) in [6, 6.07) is 8.75. The number of hydrogen-bond acceptors (Lipinski definition) is 6. The van der Waals surface area contributed by atoms with Crippen LogP contribution in [0, 0.1) is 19.8 Å².